The van der Waals surface area contributed by atoms with Gasteiger partial charge >= 0.3 is 0 Å². The van der Waals surface area contributed by atoms with E-state index >= 15 is 0 Å². The van der Waals surface area contributed by atoms with Gasteiger partial charge in [-0.1, -0.05) is 25.9 Å². The minimum Gasteiger partial charge on any atom is -0.361 e. The Bertz CT molecular complexity index is 450. The molecule has 2 aromatic heterocycles. The lowest BCUT2D eigenvalue weighted by molar-refractivity contribution is 0.367. The first-order chi connectivity index (χ1) is 8.20. The van der Waals surface area contributed by atoms with Crippen LogP contribution in [-0.2, 0) is 6.42 Å². The summed E-state index contributed by atoms with van der Waals surface area (Å²) in [4.78, 5) is 4.33. The van der Waals surface area contributed by atoms with Gasteiger partial charge in [-0.3, -0.25) is 0 Å². The maximum Gasteiger partial charge on any atom is 0.137 e. The van der Waals surface area contributed by atoms with Crippen molar-refractivity contribution in [2.24, 2.45) is 0 Å². The Labute approximate surface area is 106 Å². The largest absolute Gasteiger partial charge is 0.361 e. The molecule has 92 valence electrons. The molecule has 2 atom stereocenters. The number of rotatable bonds is 5. The summed E-state index contributed by atoms with van der Waals surface area (Å²) in [6.07, 6.45) is 3.81. The molecule has 0 bridgehead atoms. The van der Waals surface area contributed by atoms with E-state index in [0.29, 0.717) is 11.8 Å². The van der Waals surface area contributed by atoms with Crippen LogP contribution in [0, 0.1) is 0 Å². The molecule has 2 rings (SSSR count). The molecular formula is C13H18N2OS. The number of hydrogen-bond donors (Lipinski definition) is 0. The molecule has 0 amide bonds. The van der Waals surface area contributed by atoms with Gasteiger partial charge in [0.15, 0.2) is 0 Å². The van der Waals surface area contributed by atoms with Crippen molar-refractivity contribution in [3.8, 4) is 0 Å². The van der Waals surface area contributed by atoms with Crippen LogP contribution in [0.15, 0.2) is 22.2 Å². The van der Waals surface area contributed by atoms with Gasteiger partial charge in [0.05, 0.1) is 10.7 Å². The standard InChI is InChI=1S/C13H18N2OS/c1-4-9(2)12-8-11(16-15-12)7-10(3)13-14-5-6-17-13/h5-6,8-10H,4,7H2,1-3H3. The molecule has 0 aliphatic carbocycles. The highest BCUT2D eigenvalue weighted by Gasteiger charge is 2.14. The Morgan fingerprint density at radius 2 is 2.18 bits per heavy atom. The third-order valence-electron chi connectivity index (χ3n) is 3.07. The van der Waals surface area contributed by atoms with E-state index in [0.717, 1.165) is 29.3 Å². The zero-order chi connectivity index (χ0) is 12.3. The molecular weight excluding hydrogens is 232 g/mol. The van der Waals surface area contributed by atoms with Crippen molar-refractivity contribution < 1.29 is 4.52 Å². The highest BCUT2D eigenvalue weighted by molar-refractivity contribution is 7.09. The van der Waals surface area contributed by atoms with E-state index in [9.17, 15) is 0 Å². The average Bonchev–Trinajstić information content (AvgIpc) is 2.98. The third-order valence-corrected chi connectivity index (χ3v) is 4.08. The van der Waals surface area contributed by atoms with Gasteiger partial charge in [0, 0.05) is 35.9 Å². The van der Waals surface area contributed by atoms with Crippen molar-refractivity contribution >= 4 is 11.3 Å². The molecule has 0 saturated heterocycles. The van der Waals surface area contributed by atoms with Gasteiger partial charge in [-0.05, 0) is 6.42 Å². The fraction of sp³-hybridized carbons (Fsp3) is 0.538. The van der Waals surface area contributed by atoms with E-state index in [-0.39, 0.29) is 0 Å². The molecule has 0 aromatic carbocycles. The van der Waals surface area contributed by atoms with Crippen molar-refractivity contribution in [1.82, 2.24) is 10.1 Å². The lowest BCUT2D eigenvalue weighted by Gasteiger charge is -2.04. The molecule has 0 fully saturated rings. The quantitative estimate of drug-likeness (QED) is 0.805. The molecule has 2 unspecified atom stereocenters. The number of aromatic nitrogens is 2. The molecule has 4 heteroatoms. The molecule has 0 saturated carbocycles. The van der Waals surface area contributed by atoms with Crippen LogP contribution in [0.1, 0.15) is 55.5 Å². The summed E-state index contributed by atoms with van der Waals surface area (Å²) in [6.45, 7) is 6.51. The topological polar surface area (TPSA) is 38.9 Å². The molecule has 0 aliphatic heterocycles. The van der Waals surface area contributed by atoms with Crippen LogP contribution < -0.4 is 0 Å². The fourth-order valence-corrected chi connectivity index (χ4v) is 2.43. The SMILES string of the molecule is CCC(C)c1cc(CC(C)c2nccs2)on1. The first kappa shape index (κ1) is 12.3. The monoisotopic (exact) mass is 250 g/mol. The Kier molecular flexibility index (Phi) is 3.94. The fourth-order valence-electron chi connectivity index (χ4n) is 1.73. The third kappa shape index (κ3) is 2.94. The van der Waals surface area contributed by atoms with Crippen LogP contribution in [0.5, 0.6) is 0 Å². The lowest BCUT2D eigenvalue weighted by atomic mass is 10.0. The zero-order valence-corrected chi connectivity index (χ0v) is 11.3. The lowest BCUT2D eigenvalue weighted by Crippen LogP contribution is -1.96. The van der Waals surface area contributed by atoms with Crippen LogP contribution in [-0.4, -0.2) is 10.1 Å². The number of hydrogen-bond acceptors (Lipinski definition) is 4. The maximum absolute atomic E-state index is 5.38. The summed E-state index contributed by atoms with van der Waals surface area (Å²) in [5, 5.41) is 7.30. The second kappa shape index (κ2) is 5.45. The second-order valence-electron chi connectivity index (χ2n) is 4.50. The molecule has 0 N–H and O–H groups in total. The van der Waals surface area contributed by atoms with Gasteiger partial charge in [-0.2, -0.15) is 0 Å². The van der Waals surface area contributed by atoms with E-state index in [1.165, 1.54) is 0 Å². The van der Waals surface area contributed by atoms with Crippen molar-refractivity contribution in [3.63, 3.8) is 0 Å². The molecule has 0 spiro atoms. The van der Waals surface area contributed by atoms with E-state index in [4.69, 9.17) is 4.52 Å². The normalized spacial score (nSPS) is 14.8. The molecule has 17 heavy (non-hydrogen) atoms. The van der Waals surface area contributed by atoms with Gasteiger partial charge in [-0.25, -0.2) is 4.98 Å². The van der Waals surface area contributed by atoms with Crippen molar-refractivity contribution in [1.29, 1.82) is 0 Å². The molecule has 0 aliphatic rings. The van der Waals surface area contributed by atoms with Crippen LogP contribution >= 0.6 is 11.3 Å². The predicted octanol–water partition coefficient (Wildman–Crippen LogP) is 3.99. The minimum absolute atomic E-state index is 0.396. The molecule has 3 nitrogen and oxygen atoms in total. The van der Waals surface area contributed by atoms with Gasteiger partial charge < -0.3 is 4.52 Å². The summed E-state index contributed by atoms with van der Waals surface area (Å²) in [7, 11) is 0. The summed E-state index contributed by atoms with van der Waals surface area (Å²) in [6, 6.07) is 2.08. The smallest absolute Gasteiger partial charge is 0.137 e. The Morgan fingerprint density at radius 3 is 2.82 bits per heavy atom. The van der Waals surface area contributed by atoms with Gasteiger partial charge in [0.25, 0.3) is 0 Å². The summed E-state index contributed by atoms with van der Waals surface area (Å²) >= 11 is 1.69. The number of thiazole rings is 1. The Hall–Kier alpha value is -1.16. The van der Waals surface area contributed by atoms with Gasteiger partial charge in [0.1, 0.15) is 5.76 Å². The van der Waals surface area contributed by atoms with Crippen molar-refractivity contribution in [3.05, 3.63) is 34.1 Å². The Balaban J connectivity index is 2.02. The maximum atomic E-state index is 5.38. The van der Waals surface area contributed by atoms with E-state index in [1.807, 2.05) is 11.6 Å². The van der Waals surface area contributed by atoms with Crippen molar-refractivity contribution in [2.45, 2.75) is 45.4 Å². The summed E-state index contributed by atoms with van der Waals surface area (Å²) in [5.74, 6) is 1.83. The van der Waals surface area contributed by atoms with E-state index in [1.54, 1.807) is 11.3 Å². The number of nitrogens with zero attached hydrogens (tertiary/aromatic N) is 2. The molecule has 2 heterocycles. The van der Waals surface area contributed by atoms with Crippen LogP contribution in [0.2, 0.25) is 0 Å². The average molecular weight is 250 g/mol. The zero-order valence-electron chi connectivity index (χ0n) is 10.5. The molecule has 2 aromatic rings. The second-order valence-corrected chi connectivity index (χ2v) is 5.43. The molecule has 0 radical (unpaired) electrons. The van der Waals surface area contributed by atoms with Crippen LogP contribution in [0.3, 0.4) is 0 Å². The van der Waals surface area contributed by atoms with Crippen molar-refractivity contribution in [2.75, 3.05) is 0 Å². The van der Waals surface area contributed by atoms with Crippen LogP contribution in [0.25, 0.3) is 0 Å². The van der Waals surface area contributed by atoms with Gasteiger partial charge in [-0.15, -0.1) is 11.3 Å². The Morgan fingerprint density at radius 1 is 1.35 bits per heavy atom. The highest BCUT2D eigenvalue weighted by atomic mass is 32.1. The van der Waals surface area contributed by atoms with E-state index < -0.39 is 0 Å². The van der Waals surface area contributed by atoms with Crippen LogP contribution in [0.4, 0.5) is 0 Å². The first-order valence-corrected chi connectivity index (χ1v) is 6.93. The predicted molar refractivity (Wildman–Crippen MR) is 69.4 cm³/mol. The van der Waals surface area contributed by atoms with Gasteiger partial charge in [0.2, 0.25) is 0 Å². The van der Waals surface area contributed by atoms with E-state index in [2.05, 4.69) is 37.0 Å². The summed E-state index contributed by atoms with van der Waals surface area (Å²) in [5.41, 5.74) is 1.06. The highest BCUT2D eigenvalue weighted by Crippen LogP contribution is 2.24. The minimum atomic E-state index is 0.396. The first-order valence-electron chi connectivity index (χ1n) is 6.05. The summed E-state index contributed by atoms with van der Waals surface area (Å²) < 4.78 is 5.38.